The van der Waals surface area contributed by atoms with E-state index in [1.165, 1.54) is 0 Å². The zero-order valence-corrected chi connectivity index (χ0v) is 11.2. The lowest BCUT2D eigenvalue weighted by Crippen LogP contribution is -2.18. The molecule has 0 amide bonds. The molecule has 0 unspecified atom stereocenters. The molecule has 20 heavy (non-hydrogen) atoms. The van der Waals surface area contributed by atoms with Gasteiger partial charge in [0.15, 0.2) is 0 Å². The Labute approximate surface area is 117 Å². The Morgan fingerprint density at radius 2 is 1.80 bits per heavy atom. The van der Waals surface area contributed by atoms with E-state index in [1.807, 2.05) is 65.4 Å². The highest BCUT2D eigenvalue weighted by Crippen LogP contribution is 2.11. The predicted octanol–water partition coefficient (Wildman–Crippen LogP) is 2.30. The van der Waals surface area contributed by atoms with Crippen molar-refractivity contribution in [2.75, 3.05) is 11.9 Å². The molecule has 0 spiro atoms. The molecule has 0 saturated heterocycles. The molecule has 0 N–H and O–H groups in total. The molecule has 5 heteroatoms. The number of rotatable bonds is 4. The molecule has 0 fully saturated rings. The summed E-state index contributed by atoms with van der Waals surface area (Å²) in [6.07, 6.45) is 7.37. The molecular weight excluding hydrogens is 250 g/mol. The topological polar surface area (TPSA) is 46.8 Å². The first kappa shape index (κ1) is 12.3. The van der Waals surface area contributed by atoms with E-state index >= 15 is 0 Å². The summed E-state index contributed by atoms with van der Waals surface area (Å²) in [5.74, 6) is 0.708. The van der Waals surface area contributed by atoms with Crippen molar-refractivity contribution < 1.29 is 0 Å². The molecule has 0 aliphatic heterocycles. The van der Waals surface area contributed by atoms with Gasteiger partial charge in [-0.3, -0.25) is 0 Å². The van der Waals surface area contributed by atoms with Gasteiger partial charge in [0.2, 0.25) is 5.95 Å². The van der Waals surface area contributed by atoms with E-state index in [1.54, 1.807) is 12.4 Å². The van der Waals surface area contributed by atoms with Crippen molar-refractivity contribution in [3.05, 3.63) is 66.7 Å². The smallest absolute Gasteiger partial charge is 0.225 e. The number of para-hydroxylation sites is 1. The van der Waals surface area contributed by atoms with Crippen molar-refractivity contribution in [2.45, 2.75) is 6.54 Å². The highest BCUT2D eigenvalue weighted by atomic mass is 15.3. The molecule has 2 heterocycles. The Morgan fingerprint density at radius 1 is 1.05 bits per heavy atom. The number of benzene rings is 1. The van der Waals surface area contributed by atoms with E-state index in [0.29, 0.717) is 5.95 Å². The number of aromatic nitrogens is 4. The molecule has 3 rings (SSSR count). The van der Waals surface area contributed by atoms with Crippen molar-refractivity contribution in [1.29, 1.82) is 0 Å². The van der Waals surface area contributed by atoms with Crippen LogP contribution in [0.1, 0.15) is 5.56 Å². The van der Waals surface area contributed by atoms with Gasteiger partial charge in [0.1, 0.15) is 0 Å². The quantitative estimate of drug-likeness (QED) is 0.726. The van der Waals surface area contributed by atoms with Crippen LogP contribution in [0.5, 0.6) is 0 Å². The average Bonchev–Trinajstić information content (AvgIpc) is 2.97. The lowest BCUT2D eigenvalue weighted by atomic mass is 10.3. The normalized spacial score (nSPS) is 10.4. The molecule has 2 aromatic heterocycles. The molecule has 0 bridgehead atoms. The highest BCUT2D eigenvalue weighted by molar-refractivity contribution is 5.33. The summed E-state index contributed by atoms with van der Waals surface area (Å²) >= 11 is 0. The van der Waals surface area contributed by atoms with E-state index in [9.17, 15) is 0 Å². The number of anilines is 1. The van der Waals surface area contributed by atoms with Crippen LogP contribution in [0.15, 0.2) is 61.2 Å². The van der Waals surface area contributed by atoms with Crippen LogP contribution in [-0.4, -0.2) is 26.8 Å². The van der Waals surface area contributed by atoms with Gasteiger partial charge in [0.25, 0.3) is 0 Å². The first-order valence-corrected chi connectivity index (χ1v) is 6.40. The van der Waals surface area contributed by atoms with Crippen LogP contribution in [0.25, 0.3) is 5.69 Å². The number of nitrogens with zero attached hydrogens (tertiary/aromatic N) is 5. The van der Waals surface area contributed by atoms with E-state index < -0.39 is 0 Å². The molecule has 0 aliphatic carbocycles. The Hall–Kier alpha value is -2.69. The Kier molecular flexibility index (Phi) is 3.41. The SMILES string of the molecule is CN(Cc1cnn(-c2ccccc2)c1)c1ncccn1. The van der Waals surface area contributed by atoms with Crippen LogP contribution in [0, 0.1) is 0 Å². The van der Waals surface area contributed by atoms with E-state index in [0.717, 1.165) is 17.8 Å². The van der Waals surface area contributed by atoms with Crippen LogP contribution in [0.4, 0.5) is 5.95 Å². The first-order chi connectivity index (χ1) is 9.83. The fourth-order valence-corrected chi connectivity index (χ4v) is 2.00. The third-order valence-corrected chi connectivity index (χ3v) is 2.97. The van der Waals surface area contributed by atoms with Crippen LogP contribution in [0.2, 0.25) is 0 Å². The van der Waals surface area contributed by atoms with Gasteiger partial charge in [-0.25, -0.2) is 14.6 Å². The lowest BCUT2D eigenvalue weighted by Gasteiger charge is -2.14. The van der Waals surface area contributed by atoms with Crippen molar-refractivity contribution in [2.24, 2.45) is 0 Å². The number of hydrogen-bond donors (Lipinski definition) is 0. The van der Waals surface area contributed by atoms with E-state index in [-0.39, 0.29) is 0 Å². The minimum absolute atomic E-state index is 0.708. The van der Waals surface area contributed by atoms with Gasteiger partial charge in [0, 0.05) is 37.7 Å². The summed E-state index contributed by atoms with van der Waals surface area (Å²) in [5.41, 5.74) is 2.17. The summed E-state index contributed by atoms with van der Waals surface area (Å²) in [5, 5.41) is 4.38. The Morgan fingerprint density at radius 3 is 2.55 bits per heavy atom. The summed E-state index contributed by atoms with van der Waals surface area (Å²) in [4.78, 5) is 10.4. The third-order valence-electron chi connectivity index (χ3n) is 2.97. The van der Waals surface area contributed by atoms with Gasteiger partial charge in [-0.2, -0.15) is 5.10 Å². The van der Waals surface area contributed by atoms with E-state index in [2.05, 4.69) is 15.1 Å². The Bertz CT molecular complexity index is 663. The van der Waals surface area contributed by atoms with Crippen LogP contribution < -0.4 is 4.90 Å². The molecule has 0 aliphatic rings. The molecule has 1 aromatic carbocycles. The zero-order chi connectivity index (χ0) is 13.8. The predicted molar refractivity (Wildman–Crippen MR) is 77.7 cm³/mol. The minimum Gasteiger partial charge on any atom is -0.339 e. The summed E-state index contributed by atoms with van der Waals surface area (Å²) in [7, 11) is 1.97. The molecule has 100 valence electrons. The van der Waals surface area contributed by atoms with Crippen LogP contribution in [-0.2, 0) is 6.54 Å². The van der Waals surface area contributed by atoms with Gasteiger partial charge in [0.05, 0.1) is 11.9 Å². The lowest BCUT2D eigenvalue weighted by molar-refractivity contribution is 0.861. The largest absolute Gasteiger partial charge is 0.339 e. The fraction of sp³-hybridized carbons (Fsp3) is 0.133. The maximum atomic E-state index is 4.38. The molecule has 0 radical (unpaired) electrons. The third kappa shape index (κ3) is 2.66. The number of hydrogen-bond acceptors (Lipinski definition) is 4. The van der Waals surface area contributed by atoms with Crippen LogP contribution in [0.3, 0.4) is 0 Å². The van der Waals surface area contributed by atoms with Crippen molar-refractivity contribution in [3.8, 4) is 5.69 Å². The second-order valence-electron chi connectivity index (χ2n) is 4.53. The monoisotopic (exact) mass is 265 g/mol. The van der Waals surface area contributed by atoms with Gasteiger partial charge in [-0.05, 0) is 18.2 Å². The van der Waals surface area contributed by atoms with Gasteiger partial charge in [-0.15, -0.1) is 0 Å². The van der Waals surface area contributed by atoms with Crippen molar-refractivity contribution in [1.82, 2.24) is 19.7 Å². The highest BCUT2D eigenvalue weighted by Gasteiger charge is 2.06. The van der Waals surface area contributed by atoms with Crippen LogP contribution >= 0.6 is 0 Å². The summed E-state index contributed by atoms with van der Waals surface area (Å²) in [6.45, 7) is 0.719. The van der Waals surface area contributed by atoms with Crippen molar-refractivity contribution >= 4 is 5.95 Å². The van der Waals surface area contributed by atoms with Gasteiger partial charge in [-0.1, -0.05) is 18.2 Å². The standard InChI is InChI=1S/C15H15N5/c1-19(15-16-8-5-9-17-15)11-13-10-18-20(12-13)14-6-3-2-4-7-14/h2-10,12H,11H2,1H3. The zero-order valence-electron chi connectivity index (χ0n) is 11.2. The molecule has 5 nitrogen and oxygen atoms in total. The minimum atomic E-state index is 0.708. The molecule has 0 atom stereocenters. The van der Waals surface area contributed by atoms with Crippen molar-refractivity contribution in [3.63, 3.8) is 0 Å². The molecule has 3 aromatic rings. The maximum absolute atomic E-state index is 4.38. The molecular formula is C15H15N5. The Balaban J connectivity index is 1.75. The van der Waals surface area contributed by atoms with E-state index in [4.69, 9.17) is 0 Å². The summed E-state index contributed by atoms with van der Waals surface area (Å²) in [6, 6.07) is 11.9. The first-order valence-electron chi connectivity index (χ1n) is 6.40. The second kappa shape index (κ2) is 5.52. The van der Waals surface area contributed by atoms with Gasteiger partial charge >= 0.3 is 0 Å². The van der Waals surface area contributed by atoms with Gasteiger partial charge < -0.3 is 4.90 Å². The second-order valence-corrected chi connectivity index (χ2v) is 4.53. The average molecular weight is 265 g/mol. The summed E-state index contributed by atoms with van der Waals surface area (Å²) < 4.78 is 1.87. The maximum Gasteiger partial charge on any atom is 0.225 e. The molecule has 0 saturated carbocycles. The fourth-order valence-electron chi connectivity index (χ4n) is 2.00.